The summed E-state index contributed by atoms with van der Waals surface area (Å²) < 4.78 is 8.35. The van der Waals surface area contributed by atoms with Crippen LogP contribution in [0.5, 0.6) is 5.75 Å². The maximum Gasteiger partial charge on any atom is 0.282 e. The molecule has 0 fully saturated rings. The quantitative estimate of drug-likeness (QED) is 0.437. The van der Waals surface area contributed by atoms with Crippen molar-refractivity contribution in [2.24, 2.45) is 0 Å². The molecule has 0 saturated carbocycles. The Morgan fingerprint density at radius 3 is 2.72 bits per heavy atom. The third-order valence-corrected chi connectivity index (χ3v) is 5.14. The number of rotatable bonds is 8. The van der Waals surface area contributed by atoms with E-state index in [1.54, 1.807) is 42.3 Å². The fourth-order valence-corrected chi connectivity index (χ4v) is 3.57. The van der Waals surface area contributed by atoms with Gasteiger partial charge >= 0.3 is 0 Å². The predicted molar refractivity (Wildman–Crippen MR) is 124 cm³/mol. The van der Waals surface area contributed by atoms with Crippen LogP contribution in [-0.4, -0.2) is 33.9 Å². The normalized spacial score (nSPS) is 10.8. The molecule has 1 amide bonds. The summed E-state index contributed by atoms with van der Waals surface area (Å²) in [4.78, 5) is 26.1. The number of ether oxygens (including phenoxy) is 1. The Kier molecular flexibility index (Phi) is 6.17. The Bertz CT molecular complexity index is 1270. The van der Waals surface area contributed by atoms with E-state index in [9.17, 15) is 9.59 Å². The van der Waals surface area contributed by atoms with Crippen LogP contribution in [0.2, 0.25) is 0 Å². The van der Waals surface area contributed by atoms with Crippen molar-refractivity contribution in [3.8, 4) is 22.7 Å². The molecule has 4 rings (SSSR count). The van der Waals surface area contributed by atoms with Crippen molar-refractivity contribution in [2.75, 3.05) is 13.7 Å². The summed E-state index contributed by atoms with van der Waals surface area (Å²) in [6, 6.07) is 16.9. The molecular weight excluding hydrogens is 404 g/mol. The first-order chi connectivity index (χ1) is 15.6. The summed E-state index contributed by atoms with van der Waals surface area (Å²) in [6.45, 7) is 4.66. The molecular formula is C25H24N4O3. The molecule has 7 nitrogen and oxygen atoms in total. The zero-order chi connectivity index (χ0) is 22.5. The van der Waals surface area contributed by atoms with Gasteiger partial charge in [-0.05, 0) is 36.2 Å². The lowest BCUT2D eigenvalue weighted by Crippen LogP contribution is -2.27. The van der Waals surface area contributed by atoms with Crippen molar-refractivity contribution < 1.29 is 9.53 Å². The minimum absolute atomic E-state index is 0.268. The molecule has 0 atom stereocenters. The van der Waals surface area contributed by atoms with Gasteiger partial charge in [-0.15, -0.1) is 6.58 Å². The van der Waals surface area contributed by atoms with Gasteiger partial charge < -0.3 is 14.6 Å². The molecule has 2 aliphatic rings. The van der Waals surface area contributed by atoms with Crippen LogP contribution in [0.25, 0.3) is 16.9 Å². The number of benzene rings is 2. The molecule has 0 aliphatic carbocycles. The maximum absolute atomic E-state index is 13.1. The van der Waals surface area contributed by atoms with Crippen molar-refractivity contribution in [2.45, 2.75) is 13.0 Å². The zero-order valence-corrected chi connectivity index (χ0v) is 17.8. The number of nitrogens with one attached hydrogen (secondary N) is 1. The van der Waals surface area contributed by atoms with E-state index in [2.05, 4.69) is 17.0 Å². The van der Waals surface area contributed by atoms with E-state index >= 15 is 0 Å². The van der Waals surface area contributed by atoms with Crippen LogP contribution in [0, 0.1) is 0 Å². The van der Waals surface area contributed by atoms with Crippen LogP contribution in [0.1, 0.15) is 15.9 Å². The summed E-state index contributed by atoms with van der Waals surface area (Å²) in [5, 5.41) is 7.43. The van der Waals surface area contributed by atoms with Crippen molar-refractivity contribution >= 4 is 5.91 Å². The number of amides is 1. The molecule has 2 aliphatic heterocycles. The highest BCUT2D eigenvalue weighted by atomic mass is 16.5. The Morgan fingerprint density at radius 2 is 1.97 bits per heavy atom. The molecule has 0 bridgehead atoms. The maximum atomic E-state index is 13.1. The summed E-state index contributed by atoms with van der Waals surface area (Å²) in [5.74, 6) is 0.493. The van der Waals surface area contributed by atoms with E-state index in [1.165, 1.54) is 4.68 Å². The number of hydrogen-bond acceptors (Lipinski definition) is 4. The van der Waals surface area contributed by atoms with Crippen molar-refractivity contribution in [3.63, 3.8) is 0 Å². The second kappa shape index (κ2) is 9.34. The van der Waals surface area contributed by atoms with Gasteiger partial charge in [0.1, 0.15) is 11.4 Å². The van der Waals surface area contributed by atoms with Gasteiger partial charge in [0.05, 0.1) is 23.9 Å². The lowest BCUT2D eigenvalue weighted by molar-refractivity contribution is 0.0953. The summed E-state index contributed by atoms with van der Waals surface area (Å²) >= 11 is 0. The number of methoxy groups -OCH3 is 1. The molecule has 162 valence electrons. The number of allylic oxidation sites excluding steroid dienone is 1. The number of pyridine rings is 1. The molecule has 0 saturated heterocycles. The number of fused-ring (bicyclic) bond motifs is 1. The van der Waals surface area contributed by atoms with Gasteiger partial charge in [-0.2, -0.15) is 9.78 Å². The third-order valence-electron chi connectivity index (χ3n) is 5.14. The highest BCUT2D eigenvalue weighted by Gasteiger charge is 2.24. The van der Waals surface area contributed by atoms with Gasteiger partial charge in [-0.1, -0.05) is 36.4 Å². The molecule has 1 N–H and O–H groups in total. The Hall–Kier alpha value is -4.13. The van der Waals surface area contributed by atoms with Crippen LogP contribution in [0.4, 0.5) is 0 Å². The van der Waals surface area contributed by atoms with Crippen molar-refractivity contribution in [1.82, 2.24) is 19.7 Å². The minimum atomic E-state index is -0.283. The van der Waals surface area contributed by atoms with Gasteiger partial charge in [0, 0.05) is 25.5 Å². The van der Waals surface area contributed by atoms with Crippen LogP contribution in [-0.2, 0) is 13.0 Å². The number of nitrogens with zero attached hydrogens (tertiary/aromatic N) is 3. The lowest BCUT2D eigenvalue weighted by Gasteiger charge is -2.12. The second-order valence-corrected chi connectivity index (χ2v) is 7.33. The molecule has 2 aromatic carbocycles. The SMILES string of the molecule is C=CCn1cc(C(=O)NCCc2cccc(OC)c2)c2nn(-c3ccccc3)c(=O)c-2c1. The average Bonchev–Trinajstić information content (AvgIpc) is 3.16. The monoisotopic (exact) mass is 428 g/mol. The smallest absolute Gasteiger partial charge is 0.282 e. The number of carbonyl (C=O) groups is 1. The molecule has 0 radical (unpaired) electrons. The topological polar surface area (TPSA) is 78.2 Å². The molecule has 7 heteroatoms. The van der Waals surface area contributed by atoms with Crippen LogP contribution in [0.3, 0.4) is 0 Å². The van der Waals surface area contributed by atoms with Crippen LogP contribution < -0.4 is 15.6 Å². The summed E-state index contributed by atoms with van der Waals surface area (Å²) in [7, 11) is 1.62. The van der Waals surface area contributed by atoms with Gasteiger partial charge in [-0.25, -0.2) is 0 Å². The van der Waals surface area contributed by atoms with Crippen LogP contribution in [0.15, 0.2) is 84.4 Å². The Labute approximate surface area is 185 Å². The minimum Gasteiger partial charge on any atom is -0.497 e. The molecule has 0 spiro atoms. The first kappa shape index (κ1) is 21.1. The second-order valence-electron chi connectivity index (χ2n) is 7.33. The fraction of sp³-hybridized carbons (Fsp3) is 0.160. The van der Waals surface area contributed by atoms with Crippen molar-refractivity contribution in [1.29, 1.82) is 0 Å². The number of hydrogen-bond donors (Lipinski definition) is 1. The predicted octanol–water partition coefficient (Wildman–Crippen LogP) is 3.31. The molecule has 32 heavy (non-hydrogen) atoms. The first-order valence-electron chi connectivity index (χ1n) is 10.3. The fourth-order valence-electron chi connectivity index (χ4n) is 3.57. The van der Waals surface area contributed by atoms with Gasteiger partial charge in [-0.3, -0.25) is 9.59 Å². The highest BCUT2D eigenvalue weighted by molar-refractivity contribution is 5.99. The standard InChI is InChI=1S/C25H24N4O3/c1-3-14-28-16-21(24(30)26-13-12-18-8-7-11-20(15-18)32-2)23-22(17-28)25(31)29(27-23)19-9-5-4-6-10-19/h3-11,15-17H,1,12-14H2,2H3,(H,26,30). The van der Waals surface area contributed by atoms with E-state index in [-0.39, 0.29) is 11.5 Å². The molecule has 2 heterocycles. The molecule has 0 unspecified atom stereocenters. The molecule has 0 aromatic heterocycles. The number of carbonyl (C=O) groups excluding carboxylic acids is 1. The van der Waals surface area contributed by atoms with E-state index < -0.39 is 0 Å². The van der Waals surface area contributed by atoms with Gasteiger partial charge in [0.25, 0.3) is 11.5 Å². The van der Waals surface area contributed by atoms with Gasteiger partial charge in [0.2, 0.25) is 0 Å². The Morgan fingerprint density at radius 1 is 1.16 bits per heavy atom. The summed E-state index contributed by atoms with van der Waals surface area (Å²) in [6.07, 6.45) is 5.77. The largest absolute Gasteiger partial charge is 0.497 e. The van der Waals surface area contributed by atoms with Crippen LogP contribution >= 0.6 is 0 Å². The number of aromatic nitrogens is 3. The van der Waals surface area contributed by atoms with E-state index in [4.69, 9.17) is 4.74 Å². The van der Waals surface area contributed by atoms with E-state index in [0.717, 1.165) is 11.3 Å². The average molecular weight is 428 g/mol. The van der Waals surface area contributed by atoms with E-state index in [0.29, 0.717) is 42.0 Å². The number of para-hydroxylation sites is 1. The lowest BCUT2D eigenvalue weighted by atomic mass is 10.1. The van der Waals surface area contributed by atoms with E-state index in [1.807, 2.05) is 42.5 Å². The first-order valence-corrected chi connectivity index (χ1v) is 10.3. The van der Waals surface area contributed by atoms with Gasteiger partial charge in [0.15, 0.2) is 0 Å². The highest BCUT2D eigenvalue weighted by Crippen LogP contribution is 2.22. The third kappa shape index (κ3) is 4.32. The molecule has 2 aromatic rings. The Balaban J connectivity index is 1.63. The van der Waals surface area contributed by atoms with Crippen molar-refractivity contribution in [3.05, 3.63) is 101 Å². The zero-order valence-electron chi connectivity index (χ0n) is 17.8. The summed E-state index contributed by atoms with van der Waals surface area (Å²) in [5.41, 5.74) is 2.54.